The van der Waals surface area contributed by atoms with E-state index in [2.05, 4.69) is 43.0 Å². The van der Waals surface area contributed by atoms with Crippen molar-refractivity contribution in [2.45, 2.75) is 52.1 Å². The summed E-state index contributed by atoms with van der Waals surface area (Å²) in [5.74, 6) is 1.29. The SMILES string of the molecule is CC(C)CCNC(N)=NCC(C)N(C)C1CC1.I. The molecule has 3 N–H and O–H groups in total. The molecule has 1 saturated carbocycles. The molecule has 18 heavy (non-hydrogen) atoms. The number of nitrogens with two attached hydrogens (primary N) is 1. The summed E-state index contributed by atoms with van der Waals surface area (Å²) in [4.78, 5) is 6.80. The van der Waals surface area contributed by atoms with Gasteiger partial charge in [0, 0.05) is 18.6 Å². The number of nitrogens with zero attached hydrogens (tertiary/aromatic N) is 2. The Labute approximate surface area is 129 Å². The summed E-state index contributed by atoms with van der Waals surface area (Å²) >= 11 is 0. The highest BCUT2D eigenvalue weighted by molar-refractivity contribution is 14.0. The summed E-state index contributed by atoms with van der Waals surface area (Å²) in [5.41, 5.74) is 5.82. The predicted octanol–water partition coefficient (Wildman–Crippen LogP) is 2.04. The van der Waals surface area contributed by atoms with Crippen molar-refractivity contribution in [3.63, 3.8) is 0 Å². The summed E-state index contributed by atoms with van der Waals surface area (Å²) in [6.07, 6.45) is 3.81. The molecule has 0 saturated heterocycles. The highest BCUT2D eigenvalue weighted by atomic mass is 127. The number of halogens is 1. The third-order valence-corrected chi connectivity index (χ3v) is 3.37. The molecule has 0 heterocycles. The zero-order valence-electron chi connectivity index (χ0n) is 12.1. The van der Waals surface area contributed by atoms with E-state index in [1.165, 1.54) is 12.8 Å². The van der Waals surface area contributed by atoms with Gasteiger partial charge in [0.05, 0.1) is 6.54 Å². The topological polar surface area (TPSA) is 53.6 Å². The quantitative estimate of drug-likeness (QED) is 0.411. The Morgan fingerprint density at radius 1 is 1.39 bits per heavy atom. The van der Waals surface area contributed by atoms with Gasteiger partial charge in [0.2, 0.25) is 0 Å². The Hall–Kier alpha value is -0.0400. The van der Waals surface area contributed by atoms with Crippen LogP contribution in [-0.2, 0) is 0 Å². The normalized spacial score (nSPS) is 17.8. The van der Waals surface area contributed by atoms with Crippen LogP contribution in [0.15, 0.2) is 4.99 Å². The van der Waals surface area contributed by atoms with Gasteiger partial charge in [-0.3, -0.25) is 9.89 Å². The van der Waals surface area contributed by atoms with Crippen molar-refractivity contribution in [2.75, 3.05) is 20.1 Å². The molecule has 1 aliphatic rings. The van der Waals surface area contributed by atoms with E-state index < -0.39 is 0 Å². The van der Waals surface area contributed by atoms with Crippen LogP contribution < -0.4 is 11.1 Å². The van der Waals surface area contributed by atoms with Gasteiger partial charge < -0.3 is 11.1 Å². The van der Waals surface area contributed by atoms with Crippen molar-refractivity contribution < 1.29 is 0 Å². The summed E-state index contributed by atoms with van der Waals surface area (Å²) in [6.45, 7) is 8.33. The highest BCUT2D eigenvalue weighted by Gasteiger charge is 2.28. The molecular formula is C13H29IN4. The Morgan fingerprint density at radius 3 is 2.50 bits per heavy atom. The third kappa shape index (κ3) is 7.41. The molecule has 5 heteroatoms. The third-order valence-electron chi connectivity index (χ3n) is 3.37. The van der Waals surface area contributed by atoms with Crippen molar-refractivity contribution >= 4 is 29.9 Å². The van der Waals surface area contributed by atoms with Crippen LogP contribution in [0.5, 0.6) is 0 Å². The lowest BCUT2D eigenvalue weighted by atomic mass is 10.1. The smallest absolute Gasteiger partial charge is 0.188 e. The molecule has 0 amide bonds. The maximum absolute atomic E-state index is 5.82. The second-order valence-corrected chi connectivity index (χ2v) is 5.58. The molecule has 4 nitrogen and oxygen atoms in total. The number of nitrogens with one attached hydrogen (secondary N) is 1. The molecule has 0 aliphatic heterocycles. The van der Waals surface area contributed by atoms with Gasteiger partial charge in [-0.25, -0.2) is 0 Å². The van der Waals surface area contributed by atoms with Crippen LogP contribution in [0.3, 0.4) is 0 Å². The molecule has 0 aromatic heterocycles. The van der Waals surface area contributed by atoms with Gasteiger partial charge in [0.25, 0.3) is 0 Å². The minimum Gasteiger partial charge on any atom is -0.370 e. The molecule has 1 aliphatic carbocycles. The molecule has 1 rings (SSSR count). The average molecular weight is 368 g/mol. The van der Waals surface area contributed by atoms with Crippen LogP contribution in [0.4, 0.5) is 0 Å². The lowest BCUT2D eigenvalue weighted by Crippen LogP contribution is -2.37. The minimum absolute atomic E-state index is 0. The summed E-state index contributed by atoms with van der Waals surface area (Å²) in [5, 5.41) is 3.16. The first-order chi connectivity index (χ1) is 8.00. The van der Waals surface area contributed by atoms with E-state index in [9.17, 15) is 0 Å². The van der Waals surface area contributed by atoms with Gasteiger partial charge in [0.15, 0.2) is 5.96 Å². The number of hydrogen-bond donors (Lipinski definition) is 2. The Kier molecular flexibility index (Phi) is 8.94. The molecular weight excluding hydrogens is 339 g/mol. The average Bonchev–Trinajstić information content (AvgIpc) is 3.08. The number of guanidine groups is 1. The molecule has 1 fully saturated rings. The van der Waals surface area contributed by atoms with Crippen LogP contribution >= 0.6 is 24.0 Å². The standard InChI is InChI=1S/C13H28N4.HI/c1-10(2)7-8-15-13(14)16-9-11(3)17(4)12-5-6-12;/h10-12H,5-9H2,1-4H3,(H3,14,15,16);1H. The first-order valence-corrected chi connectivity index (χ1v) is 6.76. The van der Waals surface area contributed by atoms with Crippen LogP contribution in [0.1, 0.15) is 40.0 Å². The zero-order valence-corrected chi connectivity index (χ0v) is 14.5. The van der Waals surface area contributed by atoms with Crippen LogP contribution in [-0.4, -0.2) is 43.1 Å². The number of likely N-dealkylation sites (N-methyl/N-ethyl adjacent to an activating group) is 1. The summed E-state index contributed by atoms with van der Waals surface area (Å²) in [6, 6.07) is 1.27. The van der Waals surface area contributed by atoms with Gasteiger partial charge in [-0.2, -0.15) is 0 Å². The first kappa shape index (κ1) is 18.0. The van der Waals surface area contributed by atoms with Crippen LogP contribution in [0.25, 0.3) is 0 Å². The van der Waals surface area contributed by atoms with E-state index in [-0.39, 0.29) is 24.0 Å². The first-order valence-electron chi connectivity index (χ1n) is 6.76. The second-order valence-electron chi connectivity index (χ2n) is 5.58. The van der Waals surface area contributed by atoms with Gasteiger partial charge in [-0.1, -0.05) is 13.8 Å². The number of rotatable bonds is 7. The lowest BCUT2D eigenvalue weighted by molar-refractivity contribution is 0.253. The highest BCUT2D eigenvalue weighted by Crippen LogP contribution is 2.26. The van der Waals surface area contributed by atoms with Gasteiger partial charge >= 0.3 is 0 Å². The monoisotopic (exact) mass is 368 g/mol. The van der Waals surface area contributed by atoms with Crippen molar-refractivity contribution in [3.05, 3.63) is 0 Å². The molecule has 0 radical (unpaired) electrons. The van der Waals surface area contributed by atoms with E-state index in [1.807, 2.05) is 0 Å². The fourth-order valence-corrected chi connectivity index (χ4v) is 1.75. The fourth-order valence-electron chi connectivity index (χ4n) is 1.75. The molecule has 0 aromatic rings. The molecule has 1 atom stereocenters. The zero-order chi connectivity index (χ0) is 12.8. The molecule has 1 unspecified atom stereocenters. The summed E-state index contributed by atoms with van der Waals surface area (Å²) < 4.78 is 0. The molecule has 0 bridgehead atoms. The summed E-state index contributed by atoms with van der Waals surface area (Å²) in [7, 11) is 2.18. The van der Waals surface area contributed by atoms with Crippen molar-refractivity contribution in [1.29, 1.82) is 0 Å². The molecule has 0 spiro atoms. The van der Waals surface area contributed by atoms with E-state index in [0.29, 0.717) is 17.9 Å². The Balaban J connectivity index is 0.00000289. The van der Waals surface area contributed by atoms with Crippen LogP contribution in [0.2, 0.25) is 0 Å². The van der Waals surface area contributed by atoms with E-state index in [4.69, 9.17) is 5.73 Å². The van der Waals surface area contributed by atoms with Crippen LogP contribution in [0, 0.1) is 5.92 Å². The molecule has 108 valence electrons. The van der Waals surface area contributed by atoms with Crippen molar-refractivity contribution in [2.24, 2.45) is 16.6 Å². The molecule has 0 aromatic carbocycles. The van der Waals surface area contributed by atoms with Crippen molar-refractivity contribution in [3.8, 4) is 0 Å². The Morgan fingerprint density at radius 2 is 2.00 bits per heavy atom. The maximum atomic E-state index is 5.82. The van der Waals surface area contributed by atoms with Gasteiger partial charge in [0.1, 0.15) is 0 Å². The van der Waals surface area contributed by atoms with Crippen molar-refractivity contribution in [1.82, 2.24) is 10.2 Å². The minimum atomic E-state index is 0. The largest absolute Gasteiger partial charge is 0.370 e. The lowest BCUT2D eigenvalue weighted by Gasteiger charge is -2.22. The maximum Gasteiger partial charge on any atom is 0.188 e. The second kappa shape index (κ2) is 8.96. The Bertz CT molecular complexity index is 251. The van der Waals surface area contributed by atoms with E-state index in [0.717, 1.165) is 25.6 Å². The van der Waals surface area contributed by atoms with Gasteiger partial charge in [-0.15, -0.1) is 24.0 Å². The predicted molar refractivity (Wildman–Crippen MR) is 89.6 cm³/mol. The van der Waals surface area contributed by atoms with E-state index >= 15 is 0 Å². The fraction of sp³-hybridized carbons (Fsp3) is 0.923. The van der Waals surface area contributed by atoms with E-state index in [1.54, 1.807) is 0 Å². The van der Waals surface area contributed by atoms with Gasteiger partial charge in [-0.05, 0) is 39.2 Å². The number of hydrogen-bond acceptors (Lipinski definition) is 2. The number of aliphatic imine (C=N–C) groups is 1.